The highest BCUT2D eigenvalue weighted by Gasteiger charge is 2.11. The highest BCUT2D eigenvalue weighted by atomic mass is 79.9. The average molecular weight is 268 g/mol. The first-order valence-electron chi connectivity index (χ1n) is 5.06. The topological polar surface area (TPSA) is 54.7 Å². The van der Waals surface area contributed by atoms with E-state index < -0.39 is 0 Å². The fourth-order valence-electron chi connectivity index (χ4n) is 1.55. The first kappa shape index (κ1) is 10.5. The van der Waals surface area contributed by atoms with Crippen LogP contribution in [0.3, 0.4) is 0 Å². The number of aromatic amines is 1. The van der Waals surface area contributed by atoms with Crippen LogP contribution in [-0.4, -0.2) is 9.97 Å². The van der Waals surface area contributed by atoms with Crippen LogP contribution in [0.25, 0.3) is 11.0 Å². The normalized spacial score (nSPS) is 13.3. The van der Waals surface area contributed by atoms with Crippen molar-refractivity contribution in [2.75, 3.05) is 5.73 Å². The number of nitrogens with one attached hydrogen (secondary N) is 1. The standard InChI is InChI=1S/C11H14BrN3/c1-3-6(2)11-14-9-5-7(12)4-8(13)10(9)15-11/h4-6H,3,13H2,1-2H3,(H,14,15). The van der Waals surface area contributed by atoms with Gasteiger partial charge in [0.2, 0.25) is 0 Å². The van der Waals surface area contributed by atoms with Crippen LogP contribution in [0.1, 0.15) is 32.0 Å². The second-order valence-electron chi connectivity index (χ2n) is 3.82. The summed E-state index contributed by atoms with van der Waals surface area (Å²) >= 11 is 3.42. The van der Waals surface area contributed by atoms with Crippen LogP contribution in [-0.2, 0) is 0 Å². The maximum atomic E-state index is 5.90. The molecule has 2 rings (SSSR count). The molecule has 3 N–H and O–H groups in total. The molecule has 0 aliphatic rings. The Morgan fingerprint density at radius 3 is 2.93 bits per heavy atom. The number of benzene rings is 1. The van der Waals surface area contributed by atoms with Gasteiger partial charge in [0.05, 0.1) is 11.2 Å². The lowest BCUT2D eigenvalue weighted by molar-refractivity contribution is 0.692. The minimum Gasteiger partial charge on any atom is -0.397 e. The lowest BCUT2D eigenvalue weighted by Crippen LogP contribution is -1.93. The molecule has 0 aliphatic heterocycles. The van der Waals surface area contributed by atoms with Crippen LogP contribution in [0.15, 0.2) is 16.6 Å². The van der Waals surface area contributed by atoms with Gasteiger partial charge in [-0.25, -0.2) is 4.98 Å². The fourth-order valence-corrected chi connectivity index (χ4v) is 2.03. The third-order valence-corrected chi connectivity index (χ3v) is 3.14. The molecular weight excluding hydrogens is 254 g/mol. The van der Waals surface area contributed by atoms with E-state index in [1.807, 2.05) is 12.1 Å². The minimum atomic E-state index is 0.440. The van der Waals surface area contributed by atoms with E-state index >= 15 is 0 Å². The summed E-state index contributed by atoms with van der Waals surface area (Å²) in [5.74, 6) is 1.45. The SMILES string of the molecule is CCC(C)c1nc2c(N)cc(Br)cc2[nH]1. The van der Waals surface area contributed by atoms with Gasteiger partial charge >= 0.3 is 0 Å². The number of nitrogen functional groups attached to an aromatic ring is 1. The van der Waals surface area contributed by atoms with Crippen LogP contribution in [0.4, 0.5) is 5.69 Å². The molecule has 0 fully saturated rings. The molecule has 0 radical (unpaired) electrons. The van der Waals surface area contributed by atoms with Gasteiger partial charge in [0.25, 0.3) is 0 Å². The molecule has 2 aromatic rings. The zero-order valence-electron chi connectivity index (χ0n) is 8.84. The molecule has 1 atom stereocenters. The lowest BCUT2D eigenvalue weighted by atomic mass is 10.1. The van der Waals surface area contributed by atoms with Crippen LogP contribution in [0.5, 0.6) is 0 Å². The van der Waals surface area contributed by atoms with Crippen molar-refractivity contribution in [2.24, 2.45) is 0 Å². The summed E-state index contributed by atoms with van der Waals surface area (Å²) < 4.78 is 0.979. The maximum Gasteiger partial charge on any atom is 0.112 e. The number of imidazole rings is 1. The van der Waals surface area contributed by atoms with E-state index in [2.05, 4.69) is 39.7 Å². The summed E-state index contributed by atoms with van der Waals surface area (Å²) in [5.41, 5.74) is 8.48. The predicted octanol–water partition coefficient (Wildman–Crippen LogP) is 3.42. The first-order chi connectivity index (χ1) is 7.11. The van der Waals surface area contributed by atoms with Gasteiger partial charge in [-0.2, -0.15) is 0 Å². The van der Waals surface area contributed by atoms with Gasteiger partial charge in [0, 0.05) is 10.4 Å². The Morgan fingerprint density at radius 2 is 2.27 bits per heavy atom. The van der Waals surface area contributed by atoms with Crippen molar-refractivity contribution in [1.29, 1.82) is 0 Å². The number of hydrogen-bond acceptors (Lipinski definition) is 2. The maximum absolute atomic E-state index is 5.90. The Kier molecular flexibility index (Phi) is 2.69. The summed E-state index contributed by atoms with van der Waals surface area (Å²) in [6.07, 6.45) is 1.07. The van der Waals surface area contributed by atoms with Gasteiger partial charge in [0.15, 0.2) is 0 Å². The van der Waals surface area contributed by atoms with E-state index in [9.17, 15) is 0 Å². The van der Waals surface area contributed by atoms with Crippen molar-refractivity contribution < 1.29 is 0 Å². The number of hydrogen-bond donors (Lipinski definition) is 2. The smallest absolute Gasteiger partial charge is 0.112 e. The second kappa shape index (κ2) is 3.85. The van der Waals surface area contributed by atoms with Crippen molar-refractivity contribution >= 4 is 32.7 Å². The molecule has 0 saturated carbocycles. The largest absolute Gasteiger partial charge is 0.397 e. The zero-order valence-corrected chi connectivity index (χ0v) is 10.4. The Morgan fingerprint density at radius 1 is 1.53 bits per heavy atom. The van der Waals surface area contributed by atoms with E-state index in [1.165, 1.54) is 0 Å². The highest BCUT2D eigenvalue weighted by Crippen LogP contribution is 2.27. The molecule has 0 amide bonds. The zero-order chi connectivity index (χ0) is 11.0. The molecule has 0 aliphatic carbocycles. The quantitative estimate of drug-likeness (QED) is 0.820. The number of anilines is 1. The molecule has 0 bridgehead atoms. The Bertz CT molecular complexity index is 490. The molecule has 15 heavy (non-hydrogen) atoms. The van der Waals surface area contributed by atoms with Gasteiger partial charge in [0.1, 0.15) is 11.3 Å². The number of nitrogens with zero attached hydrogens (tertiary/aromatic N) is 1. The monoisotopic (exact) mass is 267 g/mol. The van der Waals surface area contributed by atoms with E-state index in [0.717, 1.165) is 27.8 Å². The van der Waals surface area contributed by atoms with Crippen molar-refractivity contribution in [3.63, 3.8) is 0 Å². The van der Waals surface area contributed by atoms with Gasteiger partial charge in [-0.3, -0.25) is 0 Å². The minimum absolute atomic E-state index is 0.440. The van der Waals surface area contributed by atoms with Crippen molar-refractivity contribution in [1.82, 2.24) is 9.97 Å². The number of H-pyrrole nitrogens is 1. The molecule has 1 heterocycles. The predicted molar refractivity (Wildman–Crippen MR) is 66.9 cm³/mol. The summed E-state index contributed by atoms with van der Waals surface area (Å²) in [6, 6.07) is 3.88. The Balaban J connectivity index is 2.60. The molecular formula is C11H14BrN3. The number of rotatable bonds is 2. The summed E-state index contributed by atoms with van der Waals surface area (Å²) in [4.78, 5) is 7.83. The Hall–Kier alpha value is -1.03. The van der Waals surface area contributed by atoms with Crippen LogP contribution in [0.2, 0.25) is 0 Å². The van der Waals surface area contributed by atoms with E-state index in [1.54, 1.807) is 0 Å². The van der Waals surface area contributed by atoms with Crippen LogP contribution < -0.4 is 5.73 Å². The second-order valence-corrected chi connectivity index (χ2v) is 4.74. The molecule has 4 heteroatoms. The molecule has 1 unspecified atom stereocenters. The molecule has 80 valence electrons. The third kappa shape index (κ3) is 1.86. The van der Waals surface area contributed by atoms with Gasteiger partial charge in [-0.05, 0) is 18.6 Å². The van der Waals surface area contributed by atoms with Crippen LogP contribution >= 0.6 is 15.9 Å². The van der Waals surface area contributed by atoms with Crippen LogP contribution in [0, 0.1) is 0 Å². The van der Waals surface area contributed by atoms with Crippen molar-refractivity contribution in [3.8, 4) is 0 Å². The molecule has 1 aromatic heterocycles. The van der Waals surface area contributed by atoms with E-state index in [-0.39, 0.29) is 0 Å². The lowest BCUT2D eigenvalue weighted by Gasteiger charge is -2.01. The van der Waals surface area contributed by atoms with Gasteiger partial charge in [-0.15, -0.1) is 0 Å². The third-order valence-electron chi connectivity index (χ3n) is 2.68. The highest BCUT2D eigenvalue weighted by molar-refractivity contribution is 9.10. The van der Waals surface area contributed by atoms with Gasteiger partial charge < -0.3 is 10.7 Å². The summed E-state index contributed by atoms with van der Waals surface area (Å²) in [5, 5.41) is 0. The summed E-state index contributed by atoms with van der Waals surface area (Å²) in [6.45, 7) is 4.31. The average Bonchev–Trinajstić information content (AvgIpc) is 2.60. The number of fused-ring (bicyclic) bond motifs is 1. The number of halogens is 1. The molecule has 3 nitrogen and oxygen atoms in total. The Labute approximate surface area is 97.2 Å². The summed E-state index contributed by atoms with van der Waals surface area (Å²) in [7, 11) is 0. The number of aromatic nitrogens is 2. The molecule has 1 aromatic carbocycles. The molecule has 0 spiro atoms. The van der Waals surface area contributed by atoms with E-state index in [0.29, 0.717) is 11.6 Å². The van der Waals surface area contributed by atoms with Crippen molar-refractivity contribution in [3.05, 3.63) is 22.4 Å². The van der Waals surface area contributed by atoms with E-state index in [4.69, 9.17) is 5.73 Å². The number of nitrogens with two attached hydrogens (primary N) is 1. The fraction of sp³-hybridized carbons (Fsp3) is 0.364. The van der Waals surface area contributed by atoms with Gasteiger partial charge in [-0.1, -0.05) is 29.8 Å². The van der Waals surface area contributed by atoms with Crippen molar-refractivity contribution in [2.45, 2.75) is 26.2 Å². The molecule has 0 saturated heterocycles. The first-order valence-corrected chi connectivity index (χ1v) is 5.85.